The lowest BCUT2D eigenvalue weighted by atomic mass is 10.0. The van der Waals surface area contributed by atoms with E-state index in [1.54, 1.807) is 24.3 Å². The summed E-state index contributed by atoms with van der Waals surface area (Å²) in [6.07, 6.45) is -2.47. The zero-order valence-electron chi connectivity index (χ0n) is 8.83. The third kappa shape index (κ3) is 2.64. The summed E-state index contributed by atoms with van der Waals surface area (Å²) >= 11 is 3.15. The first-order valence-corrected chi connectivity index (χ1v) is 5.81. The Morgan fingerprint density at radius 1 is 0.941 bits per heavy atom. The predicted molar refractivity (Wildman–Crippen MR) is 68.9 cm³/mol. The van der Waals surface area contributed by atoms with Crippen molar-refractivity contribution in [2.75, 3.05) is 5.73 Å². The Balaban J connectivity index is 2.41. The zero-order valence-corrected chi connectivity index (χ0v) is 10.4. The Morgan fingerprint density at radius 3 is 2.06 bits per heavy atom. The van der Waals surface area contributed by atoms with E-state index in [1.165, 1.54) is 6.07 Å². The first kappa shape index (κ1) is 12.0. The van der Waals surface area contributed by atoms with Crippen molar-refractivity contribution in [3.8, 4) is 11.1 Å². The van der Waals surface area contributed by atoms with E-state index in [0.717, 1.165) is 11.1 Å². The van der Waals surface area contributed by atoms with Gasteiger partial charge in [-0.2, -0.15) is 0 Å². The highest BCUT2D eigenvalue weighted by Crippen LogP contribution is 2.31. The van der Waals surface area contributed by atoms with E-state index < -0.39 is 6.43 Å². The largest absolute Gasteiger partial charge is 0.399 e. The summed E-state index contributed by atoms with van der Waals surface area (Å²) < 4.78 is 25.6. The van der Waals surface area contributed by atoms with Gasteiger partial charge in [-0.1, -0.05) is 40.2 Å². The maximum absolute atomic E-state index is 12.6. The SMILES string of the molecule is Nc1ccc(-c2ccc(C(F)F)c(Br)c2)cc1. The molecular formula is C13H10BrF2N. The molecule has 0 amide bonds. The Bertz CT molecular complexity index is 523. The molecular weight excluding hydrogens is 288 g/mol. The average Bonchev–Trinajstić information content (AvgIpc) is 2.29. The molecule has 0 aliphatic rings. The predicted octanol–water partition coefficient (Wildman–Crippen LogP) is 4.64. The minimum absolute atomic E-state index is 0.00388. The molecule has 2 rings (SSSR count). The molecule has 2 aromatic carbocycles. The van der Waals surface area contributed by atoms with Gasteiger partial charge in [-0.3, -0.25) is 0 Å². The van der Waals surface area contributed by atoms with Crippen LogP contribution in [0.25, 0.3) is 11.1 Å². The summed E-state index contributed by atoms with van der Waals surface area (Å²) in [7, 11) is 0. The van der Waals surface area contributed by atoms with Crippen LogP contribution in [0.2, 0.25) is 0 Å². The van der Waals surface area contributed by atoms with Gasteiger partial charge in [0.2, 0.25) is 0 Å². The van der Waals surface area contributed by atoms with Crippen molar-refractivity contribution in [3.05, 3.63) is 52.5 Å². The smallest absolute Gasteiger partial charge is 0.264 e. The first-order chi connectivity index (χ1) is 8.08. The minimum Gasteiger partial charge on any atom is -0.399 e. The molecule has 2 aromatic rings. The van der Waals surface area contributed by atoms with Crippen molar-refractivity contribution in [3.63, 3.8) is 0 Å². The second-order valence-corrected chi connectivity index (χ2v) is 4.51. The Morgan fingerprint density at radius 2 is 1.53 bits per heavy atom. The molecule has 1 nitrogen and oxygen atoms in total. The highest BCUT2D eigenvalue weighted by Gasteiger charge is 2.11. The Kier molecular flexibility index (Phi) is 3.43. The molecule has 0 unspecified atom stereocenters. The van der Waals surface area contributed by atoms with Gasteiger partial charge in [0.15, 0.2) is 0 Å². The second kappa shape index (κ2) is 4.84. The molecule has 0 saturated heterocycles. The molecule has 0 aliphatic carbocycles. The molecule has 2 N–H and O–H groups in total. The highest BCUT2D eigenvalue weighted by atomic mass is 79.9. The number of halogens is 3. The summed E-state index contributed by atoms with van der Waals surface area (Å²) in [6, 6.07) is 12.1. The zero-order chi connectivity index (χ0) is 12.4. The quantitative estimate of drug-likeness (QED) is 0.803. The van der Waals surface area contributed by atoms with Crippen LogP contribution in [0.5, 0.6) is 0 Å². The lowest BCUT2D eigenvalue weighted by Crippen LogP contribution is -1.88. The topological polar surface area (TPSA) is 26.0 Å². The van der Waals surface area contributed by atoms with Gasteiger partial charge in [0.05, 0.1) is 0 Å². The van der Waals surface area contributed by atoms with Crippen LogP contribution in [-0.2, 0) is 0 Å². The van der Waals surface area contributed by atoms with E-state index in [9.17, 15) is 8.78 Å². The second-order valence-electron chi connectivity index (χ2n) is 3.66. The van der Waals surface area contributed by atoms with Gasteiger partial charge in [0, 0.05) is 15.7 Å². The maximum Gasteiger partial charge on any atom is 0.264 e. The summed E-state index contributed by atoms with van der Waals surface area (Å²) in [5.74, 6) is 0. The Labute approximate surface area is 106 Å². The van der Waals surface area contributed by atoms with Crippen molar-refractivity contribution in [1.82, 2.24) is 0 Å². The van der Waals surface area contributed by atoms with Gasteiger partial charge >= 0.3 is 0 Å². The molecule has 4 heteroatoms. The lowest BCUT2D eigenvalue weighted by Gasteiger charge is -2.07. The molecule has 0 aromatic heterocycles. The number of nitrogen functional groups attached to an aromatic ring is 1. The maximum atomic E-state index is 12.6. The van der Waals surface area contributed by atoms with Crippen molar-refractivity contribution in [1.29, 1.82) is 0 Å². The van der Waals surface area contributed by atoms with Crippen molar-refractivity contribution < 1.29 is 8.78 Å². The standard InChI is InChI=1S/C13H10BrF2N/c14-12-7-9(3-6-11(12)13(15)16)8-1-4-10(17)5-2-8/h1-7,13H,17H2. The average molecular weight is 298 g/mol. The summed E-state index contributed by atoms with van der Waals surface area (Å²) in [5, 5.41) is 0. The van der Waals surface area contributed by atoms with Crippen molar-refractivity contribution in [2.24, 2.45) is 0 Å². The third-order valence-corrected chi connectivity index (χ3v) is 3.17. The minimum atomic E-state index is -2.47. The number of hydrogen-bond donors (Lipinski definition) is 1. The molecule has 0 aliphatic heterocycles. The van der Waals surface area contributed by atoms with Gasteiger partial charge in [0.25, 0.3) is 6.43 Å². The fourth-order valence-corrected chi connectivity index (χ4v) is 2.11. The normalized spacial score (nSPS) is 10.8. The third-order valence-electron chi connectivity index (χ3n) is 2.48. The monoisotopic (exact) mass is 297 g/mol. The first-order valence-electron chi connectivity index (χ1n) is 5.01. The summed E-state index contributed by atoms with van der Waals surface area (Å²) in [4.78, 5) is 0. The van der Waals surface area contributed by atoms with Crippen molar-refractivity contribution >= 4 is 21.6 Å². The molecule has 88 valence electrons. The molecule has 17 heavy (non-hydrogen) atoms. The van der Waals surface area contributed by atoms with E-state index in [0.29, 0.717) is 10.2 Å². The molecule has 0 bridgehead atoms. The van der Waals surface area contributed by atoms with E-state index in [1.807, 2.05) is 12.1 Å². The van der Waals surface area contributed by atoms with Gasteiger partial charge in [0.1, 0.15) is 0 Å². The molecule has 0 heterocycles. The van der Waals surface area contributed by atoms with Gasteiger partial charge in [-0.25, -0.2) is 8.78 Å². The van der Waals surface area contributed by atoms with E-state index in [4.69, 9.17) is 5.73 Å². The van der Waals surface area contributed by atoms with E-state index in [2.05, 4.69) is 15.9 Å². The van der Waals surface area contributed by atoms with Crippen LogP contribution in [0.3, 0.4) is 0 Å². The summed E-state index contributed by atoms with van der Waals surface area (Å²) in [6.45, 7) is 0. The number of alkyl halides is 2. The van der Waals surface area contributed by atoms with E-state index in [-0.39, 0.29) is 5.56 Å². The fraction of sp³-hybridized carbons (Fsp3) is 0.0769. The van der Waals surface area contributed by atoms with Crippen LogP contribution in [0.4, 0.5) is 14.5 Å². The highest BCUT2D eigenvalue weighted by molar-refractivity contribution is 9.10. The number of nitrogens with two attached hydrogens (primary N) is 1. The molecule has 0 atom stereocenters. The number of hydrogen-bond acceptors (Lipinski definition) is 1. The lowest BCUT2D eigenvalue weighted by molar-refractivity contribution is 0.150. The van der Waals surface area contributed by atoms with Gasteiger partial charge < -0.3 is 5.73 Å². The van der Waals surface area contributed by atoms with Crippen LogP contribution in [0, 0.1) is 0 Å². The van der Waals surface area contributed by atoms with Crippen molar-refractivity contribution in [2.45, 2.75) is 6.43 Å². The number of anilines is 1. The molecule has 0 spiro atoms. The number of benzene rings is 2. The van der Waals surface area contributed by atoms with E-state index >= 15 is 0 Å². The number of rotatable bonds is 2. The van der Waals surface area contributed by atoms with Gasteiger partial charge in [-0.15, -0.1) is 0 Å². The van der Waals surface area contributed by atoms with Crippen LogP contribution in [0.1, 0.15) is 12.0 Å². The van der Waals surface area contributed by atoms with Gasteiger partial charge in [-0.05, 0) is 29.3 Å². The molecule has 0 fully saturated rings. The van der Waals surface area contributed by atoms with Crippen LogP contribution in [0.15, 0.2) is 46.9 Å². The Hall–Kier alpha value is -1.42. The summed E-state index contributed by atoms with van der Waals surface area (Å²) in [5.41, 5.74) is 8.09. The fourth-order valence-electron chi connectivity index (χ4n) is 1.56. The van der Waals surface area contributed by atoms with Crippen LogP contribution >= 0.6 is 15.9 Å². The van der Waals surface area contributed by atoms with Crippen LogP contribution in [-0.4, -0.2) is 0 Å². The van der Waals surface area contributed by atoms with Crippen LogP contribution < -0.4 is 5.73 Å². The molecule has 0 radical (unpaired) electrons. The molecule has 0 saturated carbocycles.